The molecular formula is C10H11N3O3. The van der Waals surface area contributed by atoms with Gasteiger partial charge in [0.2, 0.25) is 11.7 Å². The van der Waals surface area contributed by atoms with Crippen molar-refractivity contribution >= 4 is 0 Å². The van der Waals surface area contributed by atoms with Gasteiger partial charge in [-0.3, -0.25) is 0 Å². The number of hydrogen-bond donors (Lipinski definition) is 1. The van der Waals surface area contributed by atoms with E-state index >= 15 is 0 Å². The van der Waals surface area contributed by atoms with E-state index in [0.29, 0.717) is 30.7 Å². The van der Waals surface area contributed by atoms with E-state index in [2.05, 4.69) is 10.1 Å². The van der Waals surface area contributed by atoms with Gasteiger partial charge in [-0.15, -0.1) is 0 Å². The molecule has 6 heteroatoms. The molecule has 6 nitrogen and oxygen atoms in total. The molecule has 2 aromatic heterocycles. The predicted octanol–water partition coefficient (Wildman–Crippen LogP) is 0.771. The van der Waals surface area contributed by atoms with Crippen LogP contribution in [-0.2, 0) is 4.74 Å². The quantitative estimate of drug-likeness (QED) is 0.805. The van der Waals surface area contributed by atoms with Crippen LogP contribution >= 0.6 is 0 Å². The Morgan fingerprint density at radius 1 is 1.38 bits per heavy atom. The molecule has 0 aromatic carbocycles. The average molecular weight is 221 g/mol. The molecule has 2 N–H and O–H groups in total. The maximum atomic E-state index is 5.86. The normalized spacial score (nSPS) is 25.1. The molecule has 0 spiro atoms. The van der Waals surface area contributed by atoms with Crippen LogP contribution in [0.1, 0.15) is 11.8 Å². The van der Waals surface area contributed by atoms with Gasteiger partial charge in [-0.05, 0) is 12.1 Å². The minimum absolute atomic E-state index is 0.0174. The molecule has 1 aliphatic heterocycles. The summed E-state index contributed by atoms with van der Waals surface area (Å²) in [5.74, 6) is 1.52. The molecule has 1 saturated heterocycles. The fourth-order valence-electron chi connectivity index (χ4n) is 1.72. The van der Waals surface area contributed by atoms with Gasteiger partial charge in [-0.25, -0.2) is 0 Å². The van der Waals surface area contributed by atoms with Gasteiger partial charge in [-0.1, -0.05) is 5.16 Å². The lowest BCUT2D eigenvalue weighted by molar-refractivity contribution is 0.187. The van der Waals surface area contributed by atoms with Crippen molar-refractivity contribution in [2.45, 2.75) is 12.0 Å². The summed E-state index contributed by atoms with van der Waals surface area (Å²) >= 11 is 0. The van der Waals surface area contributed by atoms with Crippen molar-refractivity contribution in [3.63, 3.8) is 0 Å². The van der Waals surface area contributed by atoms with Gasteiger partial charge in [-0.2, -0.15) is 4.98 Å². The summed E-state index contributed by atoms with van der Waals surface area (Å²) in [5.41, 5.74) is 5.86. The van der Waals surface area contributed by atoms with E-state index in [4.69, 9.17) is 19.4 Å². The Morgan fingerprint density at radius 2 is 2.31 bits per heavy atom. The number of nitrogens with two attached hydrogens (primary N) is 1. The van der Waals surface area contributed by atoms with E-state index in [1.165, 1.54) is 0 Å². The molecule has 1 aliphatic rings. The Morgan fingerprint density at radius 3 is 3.00 bits per heavy atom. The number of nitrogens with zero attached hydrogens (tertiary/aromatic N) is 2. The minimum atomic E-state index is -0.0788. The molecule has 0 amide bonds. The van der Waals surface area contributed by atoms with Crippen LogP contribution in [-0.4, -0.2) is 29.4 Å². The summed E-state index contributed by atoms with van der Waals surface area (Å²) in [7, 11) is 0. The fourth-order valence-corrected chi connectivity index (χ4v) is 1.72. The number of rotatable bonds is 2. The molecule has 84 valence electrons. The second-order valence-corrected chi connectivity index (χ2v) is 3.74. The molecule has 3 heterocycles. The first kappa shape index (κ1) is 9.56. The first-order valence-electron chi connectivity index (χ1n) is 5.05. The van der Waals surface area contributed by atoms with Crippen molar-refractivity contribution in [1.29, 1.82) is 0 Å². The van der Waals surface area contributed by atoms with Crippen molar-refractivity contribution in [3.05, 3.63) is 24.3 Å². The second kappa shape index (κ2) is 3.73. The molecule has 2 atom stereocenters. The molecule has 0 saturated carbocycles. The maximum Gasteiger partial charge on any atom is 0.238 e. The molecule has 16 heavy (non-hydrogen) atoms. The zero-order valence-electron chi connectivity index (χ0n) is 8.50. The highest BCUT2D eigenvalue weighted by molar-refractivity contribution is 5.44. The molecule has 1 fully saturated rings. The van der Waals surface area contributed by atoms with Gasteiger partial charge in [0.15, 0.2) is 5.76 Å². The highest BCUT2D eigenvalue weighted by Crippen LogP contribution is 2.25. The van der Waals surface area contributed by atoms with E-state index in [1.54, 1.807) is 18.4 Å². The third-order valence-corrected chi connectivity index (χ3v) is 2.63. The van der Waals surface area contributed by atoms with E-state index in [1.807, 2.05) is 0 Å². The van der Waals surface area contributed by atoms with E-state index in [-0.39, 0.29) is 12.0 Å². The molecule has 0 aliphatic carbocycles. The first-order valence-corrected chi connectivity index (χ1v) is 5.05. The van der Waals surface area contributed by atoms with E-state index in [9.17, 15) is 0 Å². The monoisotopic (exact) mass is 221 g/mol. The van der Waals surface area contributed by atoms with Crippen LogP contribution in [0.2, 0.25) is 0 Å². The van der Waals surface area contributed by atoms with Crippen molar-refractivity contribution in [1.82, 2.24) is 10.1 Å². The highest BCUT2D eigenvalue weighted by Gasteiger charge is 2.31. The van der Waals surface area contributed by atoms with Gasteiger partial charge in [0.25, 0.3) is 0 Å². The maximum absolute atomic E-state index is 5.86. The van der Waals surface area contributed by atoms with Gasteiger partial charge >= 0.3 is 0 Å². The Hall–Kier alpha value is -1.66. The van der Waals surface area contributed by atoms with Crippen molar-refractivity contribution in [3.8, 4) is 11.6 Å². The van der Waals surface area contributed by atoms with Gasteiger partial charge in [0.1, 0.15) is 0 Å². The third-order valence-electron chi connectivity index (χ3n) is 2.63. The summed E-state index contributed by atoms with van der Waals surface area (Å²) in [6, 6.07) is 3.47. The van der Waals surface area contributed by atoms with Crippen LogP contribution in [0, 0.1) is 0 Å². The van der Waals surface area contributed by atoms with Gasteiger partial charge < -0.3 is 19.4 Å². The van der Waals surface area contributed by atoms with Crippen molar-refractivity contribution < 1.29 is 13.7 Å². The zero-order chi connectivity index (χ0) is 11.0. The van der Waals surface area contributed by atoms with E-state index in [0.717, 1.165) is 0 Å². The van der Waals surface area contributed by atoms with Crippen LogP contribution in [0.25, 0.3) is 11.6 Å². The van der Waals surface area contributed by atoms with Crippen LogP contribution < -0.4 is 5.73 Å². The molecule has 0 radical (unpaired) electrons. The van der Waals surface area contributed by atoms with Crippen molar-refractivity contribution in [2.75, 3.05) is 13.2 Å². The molecule has 2 unspecified atom stereocenters. The molecular weight excluding hydrogens is 210 g/mol. The van der Waals surface area contributed by atoms with Crippen LogP contribution in [0.5, 0.6) is 0 Å². The number of furan rings is 1. The van der Waals surface area contributed by atoms with Gasteiger partial charge in [0, 0.05) is 6.04 Å². The summed E-state index contributed by atoms with van der Waals surface area (Å²) < 4.78 is 15.6. The number of hydrogen-bond acceptors (Lipinski definition) is 6. The predicted molar refractivity (Wildman–Crippen MR) is 53.5 cm³/mol. The summed E-state index contributed by atoms with van der Waals surface area (Å²) in [6.45, 7) is 1.06. The largest absolute Gasteiger partial charge is 0.461 e. The summed E-state index contributed by atoms with van der Waals surface area (Å²) in [6.07, 6.45) is 1.57. The Balaban J connectivity index is 1.88. The average Bonchev–Trinajstić information content (AvgIpc) is 2.96. The Labute approximate surface area is 91.4 Å². The smallest absolute Gasteiger partial charge is 0.238 e. The minimum Gasteiger partial charge on any atom is -0.461 e. The standard InChI is InChI=1S/C10H11N3O3/c11-7-5-14-4-6(7)10-12-9(13-16-10)8-2-1-3-15-8/h1-3,6-7H,4-5,11H2. The van der Waals surface area contributed by atoms with Crippen molar-refractivity contribution in [2.24, 2.45) is 5.73 Å². The number of aromatic nitrogens is 2. The van der Waals surface area contributed by atoms with Crippen LogP contribution in [0.4, 0.5) is 0 Å². The lowest BCUT2D eigenvalue weighted by Crippen LogP contribution is -2.26. The first-order chi connectivity index (χ1) is 7.84. The number of ether oxygens (including phenoxy) is 1. The third kappa shape index (κ3) is 1.52. The lowest BCUT2D eigenvalue weighted by Gasteiger charge is -2.05. The molecule has 2 aromatic rings. The Bertz CT molecular complexity index is 465. The van der Waals surface area contributed by atoms with Crippen LogP contribution in [0.3, 0.4) is 0 Å². The van der Waals surface area contributed by atoms with E-state index < -0.39 is 0 Å². The highest BCUT2D eigenvalue weighted by atomic mass is 16.5. The van der Waals surface area contributed by atoms with Crippen LogP contribution in [0.15, 0.2) is 27.3 Å². The second-order valence-electron chi connectivity index (χ2n) is 3.74. The summed E-state index contributed by atoms with van der Waals surface area (Å²) in [4.78, 5) is 4.25. The lowest BCUT2D eigenvalue weighted by atomic mass is 10.1. The van der Waals surface area contributed by atoms with Gasteiger partial charge in [0.05, 0.1) is 25.4 Å². The Kier molecular flexibility index (Phi) is 2.23. The molecule has 3 rings (SSSR count). The fraction of sp³-hybridized carbons (Fsp3) is 0.400. The zero-order valence-corrected chi connectivity index (χ0v) is 8.50. The molecule has 0 bridgehead atoms. The topological polar surface area (TPSA) is 87.3 Å². The SMILES string of the molecule is NC1COCC1c1nc(-c2ccco2)no1. The summed E-state index contributed by atoms with van der Waals surface area (Å²) in [5, 5.41) is 3.85.